The van der Waals surface area contributed by atoms with Crippen LogP contribution in [-0.4, -0.2) is 0 Å². The number of fused-ring (bicyclic) bond motifs is 2. The molecular weight excluding hydrogens is 682 g/mol. The van der Waals surface area contributed by atoms with Gasteiger partial charge in [0.15, 0.2) is 0 Å². The molecule has 3 nitrogen and oxygen atoms in total. The molecule has 0 radical (unpaired) electrons. The second kappa shape index (κ2) is 20.9. The molecule has 0 amide bonds. The van der Waals surface area contributed by atoms with E-state index in [1.165, 1.54) is 143 Å². The normalized spacial score (nSPS) is 14.3. The zero-order chi connectivity index (χ0) is 32.4. The summed E-state index contributed by atoms with van der Waals surface area (Å²) >= 11 is 7.59. The Labute approximate surface area is 291 Å². The van der Waals surface area contributed by atoms with Crippen LogP contribution in [0.4, 0.5) is 0 Å². The van der Waals surface area contributed by atoms with E-state index in [4.69, 9.17) is 5.73 Å². The zero-order valence-electron chi connectivity index (χ0n) is 28.0. The third-order valence-electron chi connectivity index (χ3n) is 9.55. The molecule has 0 atom stereocenters. The molecule has 0 saturated heterocycles. The number of unbranched alkanes of at least 4 members (excludes halogenated alkanes) is 18. The van der Waals surface area contributed by atoms with Crippen molar-refractivity contribution >= 4 is 55.2 Å². The van der Waals surface area contributed by atoms with Gasteiger partial charge >= 0.3 is 0 Å². The fourth-order valence-electron chi connectivity index (χ4n) is 7.09. The molecule has 0 fully saturated rings. The number of nitriles is 2. The summed E-state index contributed by atoms with van der Waals surface area (Å²) in [7, 11) is 0. The molecule has 1 aromatic carbocycles. The molecule has 45 heavy (non-hydrogen) atoms. The van der Waals surface area contributed by atoms with Gasteiger partial charge in [0.05, 0.1) is 0 Å². The molecule has 5 heteroatoms. The first-order valence-electron chi connectivity index (χ1n) is 18.0. The lowest BCUT2D eigenvalue weighted by molar-refractivity contribution is 0.555. The Morgan fingerprint density at radius 3 is 1.40 bits per heavy atom. The first-order chi connectivity index (χ1) is 22.0. The zero-order valence-corrected chi connectivity index (χ0v) is 31.2. The molecule has 0 aliphatic heterocycles. The van der Waals surface area contributed by atoms with Gasteiger partial charge in [-0.3, -0.25) is 0 Å². The van der Waals surface area contributed by atoms with Crippen LogP contribution in [-0.2, 0) is 12.8 Å². The van der Waals surface area contributed by atoms with Crippen LogP contribution in [0.5, 0.6) is 0 Å². The topological polar surface area (TPSA) is 73.6 Å². The van der Waals surface area contributed by atoms with Crippen molar-refractivity contribution < 1.29 is 0 Å². The number of nitrogens with two attached hydrogens (primary N) is 1. The molecule has 2 N–H and O–H groups in total. The Morgan fingerprint density at radius 2 is 0.978 bits per heavy atom. The number of hydrogen-bond acceptors (Lipinski definition) is 3. The first-order valence-corrected chi connectivity index (χ1v) is 19.6. The van der Waals surface area contributed by atoms with Crippen molar-refractivity contribution in [3.63, 3.8) is 0 Å². The smallest absolute Gasteiger partial charge is 0.138 e. The molecular formula is C40H55Br2N3. The Morgan fingerprint density at radius 1 is 0.600 bits per heavy atom. The maximum absolute atomic E-state index is 9.95. The summed E-state index contributed by atoms with van der Waals surface area (Å²) in [5.41, 5.74) is 15.5. The molecule has 0 bridgehead atoms. The number of allylic oxidation sites excluding steroid dienone is 5. The van der Waals surface area contributed by atoms with Crippen LogP contribution < -0.4 is 5.73 Å². The highest BCUT2D eigenvalue weighted by Crippen LogP contribution is 2.52. The maximum atomic E-state index is 9.95. The van der Waals surface area contributed by atoms with E-state index in [1.54, 1.807) is 6.20 Å². The molecule has 3 rings (SSSR count). The summed E-state index contributed by atoms with van der Waals surface area (Å²) in [5.74, 6) is 0. The molecule has 0 heterocycles. The second-order valence-electron chi connectivity index (χ2n) is 12.9. The fourth-order valence-corrected chi connectivity index (χ4v) is 8.28. The quantitative estimate of drug-likeness (QED) is 0.0951. The average Bonchev–Trinajstić information content (AvgIpc) is 3.56. The van der Waals surface area contributed by atoms with Crippen molar-refractivity contribution in [1.82, 2.24) is 0 Å². The van der Waals surface area contributed by atoms with E-state index in [2.05, 4.69) is 70.0 Å². The standard InChI is InChI=1S/C40H55Br2N3/c1-3-5-7-9-11-13-15-17-19-21-23-31-34-26-37(42)38(30(27-43)28-44)40(34)32(33-25-36(41)35(29-45)39(31)33)24-22-20-18-16-14-12-10-8-6-4-2/h25-26,29H,3-24,45H2,1-2H3/b35-29+. The number of nitrogens with zero attached hydrogens (tertiary/aromatic N) is 2. The third kappa shape index (κ3) is 10.5. The maximum Gasteiger partial charge on any atom is 0.138 e. The average molecular weight is 738 g/mol. The second-order valence-corrected chi connectivity index (χ2v) is 14.6. The highest BCUT2D eigenvalue weighted by atomic mass is 79.9. The third-order valence-corrected chi connectivity index (χ3v) is 10.8. The Bertz CT molecular complexity index is 1320. The number of rotatable bonds is 22. The van der Waals surface area contributed by atoms with Crippen molar-refractivity contribution in [3.8, 4) is 12.1 Å². The lowest BCUT2D eigenvalue weighted by Crippen LogP contribution is -2.07. The van der Waals surface area contributed by atoms with Gasteiger partial charge in [-0.2, -0.15) is 10.5 Å². The largest absolute Gasteiger partial charge is 0.404 e. The molecule has 0 unspecified atom stereocenters. The highest BCUT2D eigenvalue weighted by molar-refractivity contribution is 9.12. The van der Waals surface area contributed by atoms with E-state index >= 15 is 0 Å². The number of halogens is 2. The van der Waals surface area contributed by atoms with Crippen LogP contribution in [0, 0.1) is 22.7 Å². The number of benzene rings is 1. The molecule has 1 aromatic rings. The summed E-state index contributed by atoms with van der Waals surface area (Å²) in [5, 5.41) is 19.9. The van der Waals surface area contributed by atoms with E-state index in [1.807, 2.05) is 0 Å². The van der Waals surface area contributed by atoms with Crippen molar-refractivity contribution in [1.29, 1.82) is 10.5 Å². The summed E-state index contributed by atoms with van der Waals surface area (Å²) in [6, 6.07) is 4.39. The predicted octanol–water partition coefficient (Wildman–Crippen LogP) is 13.2. The van der Waals surface area contributed by atoms with Crippen molar-refractivity contribution in [2.45, 2.75) is 155 Å². The summed E-state index contributed by atoms with van der Waals surface area (Å²) in [4.78, 5) is 0. The van der Waals surface area contributed by atoms with Gasteiger partial charge in [0, 0.05) is 26.3 Å². The van der Waals surface area contributed by atoms with Crippen molar-refractivity contribution in [3.05, 3.63) is 54.1 Å². The fraction of sp³-hybridized carbons (Fsp3) is 0.600. The van der Waals surface area contributed by atoms with Gasteiger partial charge in [0.25, 0.3) is 0 Å². The van der Waals surface area contributed by atoms with E-state index in [0.29, 0.717) is 0 Å². The Balaban J connectivity index is 1.81. The van der Waals surface area contributed by atoms with Crippen LogP contribution in [0.25, 0.3) is 23.3 Å². The Hall–Kier alpha value is -2.08. The minimum atomic E-state index is 0.182. The van der Waals surface area contributed by atoms with Gasteiger partial charge < -0.3 is 5.73 Å². The lowest BCUT2D eigenvalue weighted by Gasteiger charge is -2.21. The van der Waals surface area contributed by atoms with Crippen molar-refractivity contribution in [2.75, 3.05) is 0 Å². The van der Waals surface area contributed by atoms with Crippen LogP contribution in [0.15, 0.2) is 20.7 Å². The number of hydrogen-bond donors (Lipinski definition) is 1. The molecule has 2 aliphatic carbocycles. The van der Waals surface area contributed by atoms with Gasteiger partial charge in [-0.25, -0.2) is 0 Å². The van der Waals surface area contributed by atoms with Gasteiger partial charge in [0.1, 0.15) is 17.7 Å². The lowest BCUT2D eigenvalue weighted by atomic mass is 9.82. The monoisotopic (exact) mass is 735 g/mol. The SMILES string of the molecule is CCCCCCCCCCCCc1c2c(c(CCCCCCCCCCCC)c3c1C(=C(C#N)C#N)C(Br)=C3)/C(=C/N)C(Br)=C2. The minimum absolute atomic E-state index is 0.182. The minimum Gasteiger partial charge on any atom is -0.404 e. The first kappa shape index (κ1) is 37.4. The molecule has 0 spiro atoms. The predicted molar refractivity (Wildman–Crippen MR) is 202 cm³/mol. The summed E-state index contributed by atoms with van der Waals surface area (Å²) < 4.78 is 1.86. The van der Waals surface area contributed by atoms with Crippen LogP contribution in [0.1, 0.15) is 176 Å². The van der Waals surface area contributed by atoms with E-state index in [-0.39, 0.29) is 5.57 Å². The van der Waals surface area contributed by atoms with Gasteiger partial charge in [0.2, 0.25) is 0 Å². The van der Waals surface area contributed by atoms with Crippen LogP contribution >= 0.6 is 31.9 Å². The van der Waals surface area contributed by atoms with Gasteiger partial charge in [-0.05, 0) is 71.2 Å². The molecule has 2 aliphatic rings. The molecule has 0 saturated carbocycles. The van der Waals surface area contributed by atoms with Gasteiger partial charge in [-0.1, -0.05) is 161 Å². The van der Waals surface area contributed by atoms with Gasteiger partial charge in [-0.15, -0.1) is 0 Å². The summed E-state index contributed by atoms with van der Waals surface area (Å²) in [6.45, 7) is 4.54. The highest BCUT2D eigenvalue weighted by Gasteiger charge is 2.33. The van der Waals surface area contributed by atoms with Crippen LogP contribution in [0.3, 0.4) is 0 Å². The molecule has 0 aromatic heterocycles. The molecule has 244 valence electrons. The van der Waals surface area contributed by atoms with E-state index in [0.717, 1.165) is 51.4 Å². The Kier molecular flexibility index (Phi) is 17.4. The van der Waals surface area contributed by atoms with E-state index < -0.39 is 0 Å². The summed E-state index contributed by atoms with van der Waals surface area (Å²) in [6.07, 6.45) is 34.0. The van der Waals surface area contributed by atoms with E-state index in [9.17, 15) is 10.5 Å². The van der Waals surface area contributed by atoms with Crippen molar-refractivity contribution in [2.24, 2.45) is 5.73 Å². The van der Waals surface area contributed by atoms with Crippen LogP contribution in [0.2, 0.25) is 0 Å².